The van der Waals surface area contributed by atoms with E-state index in [0.29, 0.717) is 11.6 Å². The third-order valence-corrected chi connectivity index (χ3v) is 6.37. The van der Waals surface area contributed by atoms with E-state index in [2.05, 4.69) is 0 Å². The van der Waals surface area contributed by atoms with Crippen LogP contribution in [0, 0.1) is 0 Å². The summed E-state index contributed by atoms with van der Waals surface area (Å²) in [6.07, 6.45) is 7.03. The van der Waals surface area contributed by atoms with Gasteiger partial charge >= 0.3 is 5.97 Å². The lowest BCUT2D eigenvalue weighted by Crippen LogP contribution is -2.41. The second-order valence-electron chi connectivity index (χ2n) is 5.60. The number of thioether (sulfide) groups is 1. The number of carboxylic acid groups (broad SMARTS) is 1. The van der Waals surface area contributed by atoms with E-state index in [9.17, 15) is 14.7 Å². The Labute approximate surface area is 132 Å². The van der Waals surface area contributed by atoms with Crippen LogP contribution in [0.2, 0.25) is 0 Å². The van der Waals surface area contributed by atoms with Crippen LogP contribution in [0.1, 0.15) is 45.8 Å². The SMILES string of the molecule is O=C(O)C1CSCN1C(=O)c1cc2c(s1)CCCCCC2. The molecule has 2 aliphatic rings. The van der Waals surface area contributed by atoms with E-state index in [-0.39, 0.29) is 5.91 Å². The third kappa shape index (κ3) is 3.11. The monoisotopic (exact) mass is 325 g/mol. The van der Waals surface area contributed by atoms with Crippen molar-refractivity contribution in [2.75, 3.05) is 11.6 Å². The predicted octanol–water partition coefficient (Wildman–Crippen LogP) is 3.01. The van der Waals surface area contributed by atoms with Gasteiger partial charge in [0.25, 0.3) is 5.91 Å². The highest BCUT2D eigenvalue weighted by Crippen LogP contribution is 2.31. The Morgan fingerprint density at radius 3 is 2.71 bits per heavy atom. The van der Waals surface area contributed by atoms with Crippen LogP contribution < -0.4 is 0 Å². The fourth-order valence-corrected chi connectivity index (χ4v) is 5.29. The molecule has 1 N–H and O–H groups in total. The van der Waals surface area contributed by atoms with Gasteiger partial charge in [0, 0.05) is 10.6 Å². The molecule has 114 valence electrons. The average Bonchev–Trinajstić information content (AvgIpc) is 3.05. The van der Waals surface area contributed by atoms with Gasteiger partial charge < -0.3 is 10.0 Å². The van der Waals surface area contributed by atoms with E-state index < -0.39 is 12.0 Å². The van der Waals surface area contributed by atoms with Gasteiger partial charge in [-0.3, -0.25) is 4.79 Å². The fraction of sp³-hybridized carbons (Fsp3) is 0.600. The number of amides is 1. The Hall–Kier alpha value is -1.01. The molecule has 1 aliphatic carbocycles. The number of carbonyl (C=O) groups is 2. The zero-order valence-corrected chi connectivity index (χ0v) is 13.5. The molecule has 1 fully saturated rings. The molecule has 4 nitrogen and oxygen atoms in total. The van der Waals surface area contributed by atoms with Crippen LogP contribution in [0.5, 0.6) is 0 Å². The summed E-state index contributed by atoms with van der Waals surface area (Å²) in [4.78, 5) is 27.4. The van der Waals surface area contributed by atoms with Crippen LogP contribution in [0.15, 0.2) is 6.07 Å². The number of rotatable bonds is 2. The molecule has 1 aromatic rings. The van der Waals surface area contributed by atoms with Gasteiger partial charge in [-0.25, -0.2) is 4.79 Å². The molecular weight excluding hydrogens is 306 g/mol. The third-order valence-electron chi connectivity index (χ3n) is 4.14. The summed E-state index contributed by atoms with van der Waals surface area (Å²) >= 11 is 3.09. The molecule has 21 heavy (non-hydrogen) atoms. The smallest absolute Gasteiger partial charge is 0.327 e. The van der Waals surface area contributed by atoms with Crippen LogP contribution in [0.3, 0.4) is 0 Å². The Balaban J connectivity index is 1.81. The number of hydrogen-bond acceptors (Lipinski definition) is 4. The fourth-order valence-electron chi connectivity index (χ4n) is 2.94. The first-order chi connectivity index (χ1) is 10.2. The number of nitrogens with zero attached hydrogens (tertiary/aromatic N) is 1. The number of aryl methyl sites for hydroxylation is 2. The Morgan fingerprint density at radius 1 is 1.19 bits per heavy atom. The molecule has 2 heterocycles. The second kappa shape index (κ2) is 6.40. The highest BCUT2D eigenvalue weighted by atomic mass is 32.2. The molecule has 6 heteroatoms. The van der Waals surface area contributed by atoms with Crippen molar-refractivity contribution in [1.82, 2.24) is 4.90 Å². The summed E-state index contributed by atoms with van der Waals surface area (Å²) < 4.78 is 0. The summed E-state index contributed by atoms with van der Waals surface area (Å²) in [6, 6.07) is 1.34. The van der Waals surface area contributed by atoms with Crippen LogP contribution in [-0.4, -0.2) is 39.6 Å². The molecule has 1 atom stereocenters. The zero-order valence-electron chi connectivity index (χ0n) is 11.8. The minimum atomic E-state index is -0.900. The summed E-state index contributed by atoms with van der Waals surface area (Å²) in [7, 11) is 0. The van der Waals surface area contributed by atoms with Gasteiger partial charge in [-0.1, -0.05) is 12.8 Å². The lowest BCUT2D eigenvalue weighted by molar-refractivity contribution is -0.140. The van der Waals surface area contributed by atoms with Gasteiger partial charge in [0.1, 0.15) is 6.04 Å². The molecule has 0 aromatic carbocycles. The van der Waals surface area contributed by atoms with Crippen molar-refractivity contribution in [3.8, 4) is 0 Å². The maximum Gasteiger partial charge on any atom is 0.327 e. The van der Waals surface area contributed by atoms with Crippen molar-refractivity contribution < 1.29 is 14.7 Å². The van der Waals surface area contributed by atoms with Crippen molar-refractivity contribution in [2.45, 2.75) is 44.6 Å². The van der Waals surface area contributed by atoms with E-state index in [1.54, 1.807) is 11.3 Å². The number of carbonyl (C=O) groups excluding carboxylic acids is 1. The predicted molar refractivity (Wildman–Crippen MR) is 85.1 cm³/mol. The number of carboxylic acids is 1. The van der Waals surface area contributed by atoms with E-state index in [1.807, 2.05) is 6.07 Å². The highest BCUT2D eigenvalue weighted by Gasteiger charge is 2.35. The van der Waals surface area contributed by atoms with Crippen molar-refractivity contribution in [3.63, 3.8) is 0 Å². The minimum absolute atomic E-state index is 0.107. The van der Waals surface area contributed by atoms with Crippen molar-refractivity contribution in [3.05, 3.63) is 21.4 Å². The second-order valence-corrected chi connectivity index (χ2v) is 7.74. The van der Waals surface area contributed by atoms with Crippen molar-refractivity contribution in [2.24, 2.45) is 0 Å². The van der Waals surface area contributed by atoms with Gasteiger partial charge in [0.2, 0.25) is 0 Å². The van der Waals surface area contributed by atoms with Gasteiger partial charge in [0.15, 0.2) is 0 Å². The van der Waals surface area contributed by atoms with Crippen LogP contribution >= 0.6 is 23.1 Å². The van der Waals surface area contributed by atoms with Crippen LogP contribution in [-0.2, 0) is 17.6 Å². The molecule has 1 amide bonds. The normalized spacial score (nSPS) is 22.5. The summed E-state index contributed by atoms with van der Waals surface area (Å²) in [5, 5.41) is 9.21. The van der Waals surface area contributed by atoms with Crippen LogP contribution in [0.4, 0.5) is 0 Å². The number of fused-ring (bicyclic) bond motifs is 1. The minimum Gasteiger partial charge on any atom is -0.480 e. The average molecular weight is 325 g/mol. The largest absolute Gasteiger partial charge is 0.480 e. The first kappa shape index (κ1) is 14.9. The van der Waals surface area contributed by atoms with Gasteiger partial charge in [-0.05, 0) is 37.3 Å². The topological polar surface area (TPSA) is 57.6 Å². The molecule has 0 bridgehead atoms. The molecular formula is C15H19NO3S2. The van der Waals surface area contributed by atoms with Crippen molar-refractivity contribution >= 4 is 35.0 Å². The Morgan fingerprint density at radius 2 is 1.95 bits per heavy atom. The standard InChI is InChI=1S/C15H19NO3S2/c17-14(16-9-20-8-11(16)15(18)19)13-7-10-5-3-1-2-4-6-12(10)21-13/h7,11H,1-6,8-9H2,(H,18,19). The number of hydrogen-bond donors (Lipinski definition) is 1. The highest BCUT2D eigenvalue weighted by molar-refractivity contribution is 7.99. The maximum atomic E-state index is 12.6. The zero-order chi connectivity index (χ0) is 14.8. The van der Waals surface area contributed by atoms with E-state index in [1.165, 1.54) is 52.8 Å². The lowest BCUT2D eigenvalue weighted by Gasteiger charge is -2.19. The molecule has 1 aromatic heterocycles. The van der Waals surface area contributed by atoms with Crippen LogP contribution in [0.25, 0.3) is 0 Å². The number of thiophene rings is 1. The molecule has 0 radical (unpaired) electrons. The molecule has 0 saturated carbocycles. The number of aliphatic carboxylic acids is 1. The quantitative estimate of drug-likeness (QED) is 0.908. The van der Waals surface area contributed by atoms with E-state index >= 15 is 0 Å². The maximum absolute atomic E-state index is 12.6. The molecule has 3 rings (SSSR count). The summed E-state index contributed by atoms with van der Waals surface area (Å²) in [6.45, 7) is 0. The molecule has 1 unspecified atom stereocenters. The lowest BCUT2D eigenvalue weighted by atomic mass is 10.00. The first-order valence-electron chi connectivity index (χ1n) is 7.40. The van der Waals surface area contributed by atoms with E-state index in [0.717, 1.165) is 17.7 Å². The summed E-state index contributed by atoms with van der Waals surface area (Å²) in [5.41, 5.74) is 1.31. The van der Waals surface area contributed by atoms with E-state index in [4.69, 9.17) is 0 Å². The van der Waals surface area contributed by atoms with Crippen molar-refractivity contribution in [1.29, 1.82) is 0 Å². The van der Waals surface area contributed by atoms with Gasteiger partial charge in [-0.15, -0.1) is 23.1 Å². The van der Waals surface area contributed by atoms with Gasteiger partial charge in [-0.2, -0.15) is 0 Å². The molecule has 0 spiro atoms. The summed E-state index contributed by atoms with van der Waals surface area (Å²) in [5.74, 6) is -0.0303. The Bertz CT molecular complexity index is 530. The molecule has 1 saturated heterocycles. The first-order valence-corrected chi connectivity index (χ1v) is 9.37. The molecule has 1 aliphatic heterocycles. The Kier molecular flexibility index (Phi) is 4.54. The van der Waals surface area contributed by atoms with Gasteiger partial charge in [0.05, 0.1) is 10.8 Å².